The molecule has 1 unspecified atom stereocenters. The highest BCUT2D eigenvalue weighted by Crippen LogP contribution is 2.27. The largest absolute Gasteiger partial charge is 0.453 e. The number of nitrogens with one attached hydrogen (secondary N) is 1. The summed E-state index contributed by atoms with van der Waals surface area (Å²) in [6, 6.07) is 5.86. The number of hydrogen-bond donors (Lipinski definition) is 2. The van der Waals surface area contributed by atoms with Crippen molar-refractivity contribution in [1.82, 2.24) is 19.0 Å². The Morgan fingerprint density at radius 1 is 1.21 bits per heavy atom. The lowest BCUT2D eigenvalue weighted by atomic mass is 10.0. The second kappa shape index (κ2) is 7.89. The van der Waals surface area contributed by atoms with Gasteiger partial charge in [-0.1, -0.05) is 6.07 Å². The number of thiophene rings is 1. The number of hydrogen-bond acceptors (Lipinski definition) is 9. The van der Waals surface area contributed by atoms with Gasteiger partial charge in [0.1, 0.15) is 11.7 Å². The Morgan fingerprint density at radius 3 is 2.83 bits per heavy atom. The predicted molar refractivity (Wildman–Crippen MR) is 106 cm³/mol. The zero-order valence-electron chi connectivity index (χ0n) is 14.7. The first kappa shape index (κ1) is 18.9. The van der Waals surface area contributed by atoms with E-state index in [4.69, 9.17) is 10.2 Å². The Balaban J connectivity index is 1.61. The van der Waals surface area contributed by atoms with Crippen LogP contribution in [-0.2, 0) is 16.0 Å². The number of pyridine rings is 1. The predicted octanol–water partition coefficient (Wildman–Crippen LogP) is 1.80. The quantitative estimate of drug-likeness (QED) is 0.428. The molecule has 0 radical (unpaired) electrons. The molecule has 0 saturated heterocycles. The minimum atomic E-state index is -1.17. The van der Waals surface area contributed by atoms with Gasteiger partial charge in [-0.3, -0.25) is 19.4 Å². The van der Waals surface area contributed by atoms with Crippen LogP contribution in [0, 0.1) is 0 Å². The Kier molecular flexibility index (Phi) is 5.14. The highest BCUT2D eigenvalue weighted by Gasteiger charge is 2.29. The normalized spacial score (nSPS) is 12.0. The second-order valence-electron chi connectivity index (χ2n) is 6.02. The summed E-state index contributed by atoms with van der Waals surface area (Å²) in [5, 5.41) is 5.22. The van der Waals surface area contributed by atoms with Gasteiger partial charge in [-0.2, -0.15) is 8.75 Å². The van der Waals surface area contributed by atoms with Gasteiger partial charge in [0.05, 0.1) is 23.7 Å². The van der Waals surface area contributed by atoms with Gasteiger partial charge in [0.25, 0.3) is 11.8 Å². The summed E-state index contributed by atoms with van der Waals surface area (Å²) in [5.41, 5.74) is 6.64. The van der Waals surface area contributed by atoms with E-state index in [9.17, 15) is 14.4 Å². The number of nitrogens with zero attached hydrogens (tertiary/aromatic N) is 3. The maximum atomic E-state index is 12.8. The van der Waals surface area contributed by atoms with Crippen LogP contribution in [0.3, 0.4) is 0 Å². The lowest BCUT2D eigenvalue weighted by Crippen LogP contribution is -2.47. The Hall–Kier alpha value is -3.44. The SMILES string of the molecule is NC(=O)C(=O)C(Cc1coc2sccc12)NC(=O)c1nsnc1-c1ccccn1. The molecule has 9 nitrogen and oxygen atoms in total. The summed E-state index contributed by atoms with van der Waals surface area (Å²) in [4.78, 5) is 41.5. The first-order valence-electron chi connectivity index (χ1n) is 8.36. The van der Waals surface area contributed by atoms with Crippen molar-refractivity contribution in [3.63, 3.8) is 0 Å². The standard InChI is InChI=1S/C18H13N5O4S2/c19-16(25)15(24)12(7-9-8-27-18-10(9)4-6-28-18)21-17(26)14-13(22-29-23-14)11-3-1-2-5-20-11/h1-6,8,12H,7H2,(H2,19,25)(H,21,26). The molecule has 1 atom stereocenters. The van der Waals surface area contributed by atoms with E-state index in [-0.39, 0.29) is 12.1 Å². The molecular formula is C18H13N5O4S2. The van der Waals surface area contributed by atoms with Gasteiger partial charge in [-0.05, 0) is 23.6 Å². The summed E-state index contributed by atoms with van der Waals surface area (Å²) in [5.74, 6) is -2.70. The molecule has 4 rings (SSSR count). The Bertz CT molecular complexity index is 1200. The van der Waals surface area contributed by atoms with Crippen molar-refractivity contribution in [3.8, 4) is 11.4 Å². The van der Waals surface area contributed by atoms with E-state index in [1.165, 1.54) is 17.6 Å². The second-order valence-corrected chi connectivity index (χ2v) is 7.42. The van der Waals surface area contributed by atoms with Gasteiger partial charge in [0, 0.05) is 23.6 Å². The molecule has 0 spiro atoms. The lowest BCUT2D eigenvalue weighted by Gasteiger charge is -2.15. The van der Waals surface area contributed by atoms with Crippen molar-refractivity contribution in [2.75, 3.05) is 0 Å². The number of carbonyl (C=O) groups excluding carboxylic acids is 3. The molecule has 2 amide bonds. The van der Waals surface area contributed by atoms with Crippen molar-refractivity contribution >= 4 is 50.9 Å². The summed E-state index contributed by atoms with van der Waals surface area (Å²) < 4.78 is 13.6. The summed E-state index contributed by atoms with van der Waals surface area (Å²) in [6.07, 6.45) is 3.12. The lowest BCUT2D eigenvalue weighted by molar-refractivity contribution is -0.137. The molecule has 0 saturated carbocycles. The maximum Gasteiger partial charge on any atom is 0.287 e. The van der Waals surface area contributed by atoms with E-state index in [1.807, 2.05) is 11.4 Å². The van der Waals surface area contributed by atoms with Crippen LogP contribution in [0.25, 0.3) is 21.7 Å². The van der Waals surface area contributed by atoms with E-state index < -0.39 is 23.6 Å². The number of aromatic nitrogens is 3. The molecule has 4 aromatic heterocycles. The van der Waals surface area contributed by atoms with E-state index in [0.29, 0.717) is 21.8 Å². The van der Waals surface area contributed by atoms with Gasteiger partial charge in [0.2, 0.25) is 5.78 Å². The monoisotopic (exact) mass is 427 g/mol. The molecule has 146 valence electrons. The molecule has 0 aliphatic carbocycles. The van der Waals surface area contributed by atoms with E-state index in [2.05, 4.69) is 19.0 Å². The highest BCUT2D eigenvalue weighted by atomic mass is 32.1. The highest BCUT2D eigenvalue weighted by molar-refractivity contribution is 7.16. The Labute approximate surface area is 171 Å². The molecule has 0 fully saturated rings. The number of fused-ring (bicyclic) bond motifs is 1. The number of amides is 2. The molecule has 0 aromatic carbocycles. The maximum absolute atomic E-state index is 12.8. The van der Waals surface area contributed by atoms with Gasteiger partial charge >= 0.3 is 0 Å². The van der Waals surface area contributed by atoms with Crippen LogP contribution in [0.1, 0.15) is 16.1 Å². The fraction of sp³-hybridized carbons (Fsp3) is 0.111. The van der Waals surface area contributed by atoms with Gasteiger partial charge in [-0.25, -0.2) is 0 Å². The smallest absolute Gasteiger partial charge is 0.287 e. The van der Waals surface area contributed by atoms with Crippen LogP contribution in [-0.4, -0.2) is 37.4 Å². The molecule has 11 heteroatoms. The van der Waals surface area contributed by atoms with Crippen molar-refractivity contribution < 1.29 is 18.8 Å². The molecule has 4 aromatic rings. The zero-order valence-corrected chi connectivity index (χ0v) is 16.3. The number of ketones is 1. The third-order valence-electron chi connectivity index (χ3n) is 4.18. The first-order valence-corrected chi connectivity index (χ1v) is 9.97. The van der Waals surface area contributed by atoms with Crippen molar-refractivity contribution in [3.05, 3.63) is 53.4 Å². The van der Waals surface area contributed by atoms with Crippen LogP contribution < -0.4 is 11.1 Å². The first-order chi connectivity index (χ1) is 14.0. The molecule has 0 aliphatic heterocycles. The molecule has 29 heavy (non-hydrogen) atoms. The summed E-state index contributed by atoms with van der Waals surface area (Å²) in [7, 11) is 0. The third-order valence-corrected chi connectivity index (χ3v) is 5.51. The van der Waals surface area contributed by atoms with Crippen LogP contribution >= 0.6 is 23.1 Å². The average Bonchev–Trinajstić information content (AvgIpc) is 3.45. The van der Waals surface area contributed by atoms with Gasteiger partial charge < -0.3 is 15.5 Å². The van der Waals surface area contributed by atoms with Crippen LogP contribution in [0.2, 0.25) is 0 Å². The Morgan fingerprint density at radius 2 is 2.07 bits per heavy atom. The topological polar surface area (TPSA) is 141 Å². The number of nitrogens with two attached hydrogens (primary N) is 1. The number of Topliss-reactive ketones (excluding diaryl/α,β-unsaturated/α-hetero) is 1. The van der Waals surface area contributed by atoms with Crippen LogP contribution in [0.4, 0.5) is 0 Å². The van der Waals surface area contributed by atoms with Crippen molar-refractivity contribution in [1.29, 1.82) is 0 Å². The van der Waals surface area contributed by atoms with E-state index in [0.717, 1.165) is 17.1 Å². The molecular weight excluding hydrogens is 414 g/mol. The molecule has 4 heterocycles. The fourth-order valence-electron chi connectivity index (χ4n) is 2.81. The zero-order chi connectivity index (χ0) is 20.4. The minimum absolute atomic E-state index is 0.0174. The van der Waals surface area contributed by atoms with Crippen molar-refractivity contribution in [2.24, 2.45) is 5.73 Å². The van der Waals surface area contributed by atoms with Gasteiger partial charge in [0.15, 0.2) is 10.6 Å². The molecule has 3 N–H and O–H groups in total. The molecule has 0 aliphatic rings. The fourth-order valence-corrected chi connectivity index (χ4v) is 4.12. The summed E-state index contributed by atoms with van der Waals surface area (Å²) in [6.45, 7) is 0. The average molecular weight is 427 g/mol. The van der Waals surface area contributed by atoms with Crippen molar-refractivity contribution in [2.45, 2.75) is 12.5 Å². The number of carbonyl (C=O) groups is 3. The van der Waals surface area contributed by atoms with Gasteiger partial charge in [-0.15, -0.1) is 11.3 Å². The third kappa shape index (κ3) is 3.77. The summed E-state index contributed by atoms with van der Waals surface area (Å²) >= 11 is 2.26. The number of primary amides is 1. The van der Waals surface area contributed by atoms with Crippen LogP contribution in [0.15, 0.2) is 46.5 Å². The molecule has 0 bridgehead atoms. The number of rotatable bonds is 7. The minimum Gasteiger partial charge on any atom is -0.453 e. The van der Waals surface area contributed by atoms with E-state index >= 15 is 0 Å². The number of furan rings is 1. The van der Waals surface area contributed by atoms with Crippen LogP contribution in [0.5, 0.6) is 0 Å². The van der Waals surface area contributed by atoms with E-state index in [1.54, 1.807) is 24.4 Å².